The van der Waals surface area contributed by atoms with Crippen molar-refractivity contribution in [1.29, 1.82) is 0 Å². The largest absolute Gasteiger partial charge is 0.378 e. The quantitative estimate of drug-likeness (QED) is 0.684. The maximum Gasteiger partial charge on any atom is 0.210 e. The molecule has 144 valence electrons. The lowest BCUT2D eigenvalue weighted by Gasteiger charge is -2.33. The third kappa shape index (κ3) is 3.38. The molecule has 28 heavy (non-hydrogen) atoms. The molecule has 0 saturated heterocycles. The van der Waals surface area contributed by atoms with Crippen LogP contribution >= 0.6 is 11.8 Å². The lowest BCUT2D eigenvalue weighted by atomic mass is 9.97. The summed E-state index contributed by atoms with van der Waals surface area (Å²) in [6.07, 6.45) is 0. The molecular formula is C21H23N5OS. The van der Waals surface area contributed by atoms with Gasteiger partial charge in [0.25, 0.3) is 0 Å². The molecule has 0 saturated carbocycles. The Morgan fingerprint density at radius 2 is 1.71 bits per heavy atom. The van der Waals surface area contributed by atoms with E-state index in [1.165, 1.54) is 11.8 Å². The number of anilines is 1. The number of ketones is 1. The first kappa shape index (κ1) is 18.6. The Morgan fingerprint density at radius 1 is 1.04 bits per heavy atom. The Hall–Kier alpha value is -2.80. The Kier molecular flexibility index (Phi) is 4.85. The van der Waals surface area contributed by atoms with Crippen LogP contribution in [0.5, 0.6) is 0 Å². The number of carbonyl (C=O) groups excluding carboxylic acids is 1. The standard InChI is InChI=1S/C21H23N5OS/c1-13-5-7-16(8-6-13)19(27)20-18(15-9-11-17(12-10-15)25(3)4)24-26-14(2)22-23-21(26)28-20/h5-12,18,20,24H,1-4H3/t18-,20+/m0/s1. The Morgan fingerprint density at radius 3 is 2.36 bits per heavy atom. The van der Waals surface area contributed by atoms with Gasteiger partial charge in [0.05, 0.1) is 6.04 Å². The van der Waals surface area contributed by atoms with E-state index in [1.807, 2.05) is 56.9 Å². The number of fused-ring (bicyclic) bond motifs is 1. The molecule has 3 aromatic rings. The van der Waals surface area contributed by atoms with Crippen LogP contribution in [0.2, 0.25) is 0 Å². The van der Waals surface area contributed by atoms with Crippen molar-refractivity contribution >= 4 is 23.2 Å². The van der Waals surface area contributed by atoms with Crippen LogP contribution in [0.15, 0.2) is 53.7 Å². The van der Waals surface area contributed by atoms with Crippen molar-refractivity contribution in [2.45, 2.75) is 30.3 Å². The molecule has 0 bridgehead atoms. The van der Waals surface area contributed by atoms with Crippen molar-refractivity contribution in [3.05, 3.63) is 71.0 Å². The number of hydrogen-bond acceptors (Lipinski definition) is 6. The summed E-state index contributed by atoms with van der Waals surface area (Å²) in [5.74, 6) is 0.865. The van der Waals surface area contributed by atoms with Gasteiger partial charge in [0, 0.05) is 25.3 Å². The number of carbonyl (C=O) groups is 1. The van der Waals surface area contributed by atoms with Crippen LogP contribution in [0.25, 0.3) is 0 Å². The fourth-order valence-electron chi connectivity index (χ4n) is 3.27. The monoisotopic (exact) mass is 393 g/mol. The molecule has 0 radical (unpaired) electrons. The molecule has 1 N–H and O–H groups in total. The summed E-state index contributed by atoms with van der Waals surface area (Å²) >= 11 is 1.47. The molecule has 1 aliphatic heterocycles. The number of benzene rings is 2. The summed E-state index contributed by atoms with van der Waals surface area (Å²) in [5, 5.41) is 8.75. The normalized spacial score (nSPS) is 18.3. The van der Waals surface area contributed by atoms with Gasteiger partial charge in [0.1, 0.15) is 11.1 Å². The van der Waals surface area contributed by atoms with Gasteiger partial charge in [-0.15, -0.1) is 10.2 Å². The molecule has 2 heterocycles. The van der Waals surface area contributed by atoms with E-state index in [4.69, 9.17) is 0 Å². The van der Waals surface area contributed by atoms with E-state index in [0.717, 1.165) is 22.6 Å². The van der Waals surface area contributed by atoms with Gasteiger partial charge >= 0.3 is 0 Å². The number of nitrogens with one attached hydrogen (secondary N) is 1. The Balaban J connectivity index is 1.72. The molecule has 0 aliphatic carbocycles. The van der Waals surface area contributed by atoms with Crippen molar-refractivity contribution in [1.82, 2.24) is 14.9 Å². The SMILES string of the molecule is Cc1ccc(C(=O)[C@@H]2Sc3nnc(C)n3N[C@H]2c2ccc(N(C)C)cc2)cc1. The second-order valence-electron chi connectivity index (χ2n) is 7.23. The molecule has 7 heteroatoms. The lowest BCUT2D eigenvalue weighted by Crippen LogP contribution is -2.39. The van der Waals surface area contributed by atoms with Crippen LogP contribution in [-0.4, -0.2) is 40.0 Å². The molecule has 0 spiro atoms. The molecule has 0 fully saturated rings. The molecule has 2 aromatic carbocycles. The van der Waals surface area contributed by atoms with Gasteiger partial charge in [0.15, 0.2) is 5.78 Å². The van der Waals surface area contributed by atoms with Crippen molar-refractivity contribution in [3.63, 3.8) is 0 Å². The second kappa shape index (κ2) is 7.31. The van der Waals surface area contributed by atoms with E-state index in [0.29, 0.717) is 10.7 Å². The highest BCUT2D eigenvalue weighted by Gasteiger charge is 2.37. The fraction of sp³-hybridized carbons (Fsp3) is 0.286. The van der Waals surface area contributed by atoms with Gasteiger partial charge in [-0.2, -0.15) is 0 Å². The minimum Gasteiger partial charge on any atom is -0.378 e. The van der Waals surface area contributed by atoms with Gasteiger partial charge in [0.2, 0.25) is 5.16 Å². The van der Waals surface area contributed by atoms with Gasteiger partial charge in [-0.25, -0.2) is 4.68 Å². The maximum absolute atomic E-state index is 13.4. The van der Waals surface area contributed by atoms with Crippen LogP contribution in [0.3, 0.4) is 0 Å². The summed E-state index contributed by atoms with van der Waals surface area (Å²) in [6.45, 7) is 3.92. The predicted molar refractivity (Wildman–Crippen MR) is 113 cm³/mol. The number of Topliss-reactive ketones (excluding diaryl/α,β-unsaturated/α-hetero) is 1. The van der Waals surface area contributed by atoms with Crippen molar-refractivity contribution in [2.24, 2.45) is 0 Å². The number of nitrogens with zero attached hydrogens (tertiary/aromatic N) is 4. The average Bonchev–Trinajstić information content (AvgIpc) is 3.07. The van der Waals surface area contributed by atoms with E-state index in [9.17, 15) is 4.79 Å². The first-order valence-electron chi connectivity index (χ1n) is 9.17. The first-order valence-corrected chi connectivity index (χ1v) is 10.1. The van der Waals surface area contributed by atoms with Gasteiger partial charge < -0.3 is 10.3 Å². The number of aromatic nitrogens is 3. The fourth-order valence-corrected chi connectivity index (χ4v) is 4.47. The van der Waals surface area contributed by atoms with Crippen molar-refractivity contribution in [2.75, 3.05) is 24.4 Å². The van der Waals surface area contributed by atoms with Crippen LogP contribution in [0.1, 0.15) is 33.4 Å². The zero-order valence-electron chi connectivity index (χ0n) is 16.4. The van der Waals surface area contributed by atoms with Crippen LogP contribution in [-0.2, 0) is 0 Å². The second-order valence-corrected chi connectivity index (χ2v) is 8.34. The summed E-state index contributed by atoms with van der Waals surface area (Å²) in [5.41, 5.74) is 7.49. The minimum atomic E-state index is -0.330. The molecular weight excluding hydrogens is 370 g/mol. The number of rotatable bonds is 4. The van der Waals surface area contributed by atoms with Gasteiger partial charge in [-0.3, -0.25) is 4.79 Å². The topological polar surface area (TPSA) is 63.1 Å². The van der Waals surface area contributed by atoms with E-state index < -0.39 is 0 Å². The van der Waals surface area contributed by atoms with E-state index in [2.05, 4.69) is 44.8 Å². The maximum atomic E-state index is 13.4. The predicted octanol–water partition coefficient (Wildman–Crippen LogP) is 3.60. The average molecular weight is 394 g/mol. The van der Waals surface area contributed by atoms with Crippen LogP contribution in [0.4, 0.5) is 5.69 Å². The van der Waals surface area contributed by atoms with E-state index in [1.54, 1.807) is 0 Å². The summed E-state index contributed by atoms with van der Waals surface area (Å²) in [7, 11) is 4.03. The number of thioether (sulfide) groups is 1. The third-order valence-electron chi connectivity index (χ3n) is 4.96. The van der Waals surface area contributed by atoms with Gasteiger partial charge in [-0.1, -0.05) is 53.7 Å². The van der Waals surface area contributed by atoms with Gasteiger partial charge in [-0.05, 0) is 31.5 Å². The summed E-state index contributed by atoms with van der Waals surface area (Å²) in [4.78, 5) is 15.4. The zero-order chi connectivity index (χ0) is 19.8. The lowest BCUT2D eigenvalue weighted by molar-refractivity contribution is 0.0980. The highest BCUT2D eigenvalue weighted by molar-refractivity contribution is 8.00. The number of aryl methyl sites for hydroxylation is 2. The van der Waals surface area contributed by atoms with E-state index >= 15 is 0 Å². The van der Waals surface area contributed by atoms with Crippen LogP contribution in [0, 0.1) is 13.8 Å². The summed E-state index contributed by atoms with van der Waals surface area (Å²) in [6, 6.07) is 15.9. The van der Waals surface area contributed by atoms with Crippen molar-refractivity contribution < 1.29 is 4.79 Å². The first-order chi connectivity index (χ1) is 13.4. The van der Waals surface area contributed by atoms with Crippen molar-refractivity contribution in [3.8, 4) is 0 Å². The third-order valence-corrected chi connectivity index (χ3v) is 6.18. The Bertz CT molecular complexity index is 995. The molecule has 0 unspecified atom stereocenters. The summed E-state index contributed by atoms with van der Waals surface area (Å²) < 4.78 is 1.87. The smallest absolute Gasteiger partial charge is 0.210 e. The van der Waals surface area contributed by atoms with E-state index in [-0.39, 0.29) is 17.1 Å². The Labute approximate surface area is 168 Å². The molecule has 2 atom stereocenters. The molecule has 1 aliphatic rings. The van der Waals surface area contributed by atoms with Crippen LogP contribution < -0.4 is 10.3 Å². The highest BCUT2D eigenvalue weighted by Crippen LogP contribution is 2.38. The highest BCUT2D eigenvalue weighted by atomic mass is 32.2. The number of hydrogen-bond donors (Lipinski definition) is 1. The minimum absolute atomic E-state index is 0.0890. The molecule has 6 nitrogen and oxygen atoms in total. The molecule has 1 aromatic heterocycles. The zero-order valence-corrected chi connectivity index (χ0v) is 17.2. The molecule has 0 amide bonds. The molecule has 4 rings (SSSR count).